The SMILES string of the molecule is CCOC(=O)C1CN(C(=O)OC(C)(C)C)CC1NC(=O)c1ccc(Cl)s1. The number of nitrogens with one attached hydrogen (secondary N) is 1. The Morgan fingerprint density at radius 1 is 1.31 bits per heavy atom. The number of nitrogens with zero attached hydrogens (tertiary/aromatic N) is 1. The third kappa shape index (κ3) is 5.35. The molecule has 0 aliphatic carbocycles. The fourth-order valence-corrected chi connectivity index (χ4v) is 3.54. The Morgan fingerprint density at radius 2 is 2.00 bits per heavy atom. The van der Waals surface area contributed by atoms with Gasteiger partial charge < -0.3 is 19.7 Å². The molecule has 2 amide bonds. The molecule has 1 aromatic heterocycles. The average molecular weight is 403 g/mol. The van der Waals surface area contributed by atoms with Crippen LogP contribution in [0.3, 0.4) is 0 Å². The van der Waals surface area contributed by atoms with Gasteiger partial charge in [-0.05, 0) is 39.8 Å². The minimum absolute atomic E-state index is 0.129. The maximum Gasteiger partial charge on any atom is 0.410 e. The van der Waals surface area contributed by atoms with Crippen molar-refractivity contribution in [1.29, 1.82) is 0 Å². The number of ether oxygens (including phenoxy) is 2. The molecule has 1 aliphatic rings. The van der Waals surface area contributed by atoms with E-state index in [1.807, 2.05) is 0 Å². The molecule has 0 saturated carbocycles. The smallest absolute Gasteiger partial charge is 0.410 e. The van der Waals surface area contributed by atoms with E-state index in [4.69, 9.17) is 21.1 Å². The van der Waals surface area contributed by atoms with Gasteiger partial charge in [0.25, 0.3) is 5.91 Å². The Kier molecular flexibility index (Phi) is 6.52. The summed E-state index contributed by atoms with van der Waals surface area (Å²) in [6.45, 7) is 7.53. The normalized spacial score (nSPS) is 20.0. The summed E-state index contributed by atoms with van der Waals surface area (Å²) < 4.78 is 10.9. The summed E-state index contributed by atoms with van der Waals surface area (Å²) in [4.78, 5) is 38.8. The van der Waals surface area contributed by atoms with Crippen LogP contribution in [0.5, 0.6) is 0 Å². The van der Waals surface area contributed by atoms with Gasteiger partial charge in [0, 0.05) is 13.1 Å². The van der Waals surface area contributed by atoms with Gasteiger partial charge in [-0.2, -0.15) is 0 Å². The van der Waals surface area contributed by atoms with Crippen molar-refractivity contribution in [2.75, 3.05) is 19.7 Å². The molecule has 1 aliphatic heterocycles. The molecule has 1 saturated heterocycles. The maximum absolute atomic E-state index is 12.4. The summed E-state index contributed by atoms with van der Waals surface area (Å²) in [5.41, 5.74) is -0.647. The van der Waals surface area contributed by atoms with Crippen LogP contribution in [-0.2, 0) is 14.3 Å². The Labute approximate surface area is 161 Å². The van der Waals surface area contributed by atoms with Crippen LogP contribution >= 0.6 is 22.9 Å². The van der Waals surface area contributed by atoms with Gasteiger partial charge in [-0.25, -0.2) is 4.79 Å². The zero-order valence-electron chi connectivity index (χ0n) is 15.2. The lowest BCUT2D eigenvalue weighted by molar-refractivity contribution is -0.148. The minimum Gasteiger partial charge on any atom is -0.466 e. The first-order valence-corrected chi connectivity index (χ1v) is 9.51. The highest BCUT2D eigenvalue weighted by atomic mass is 35.5. The molecule has 2 heterocycles. The van der Waals surface area contributed by atoms with E-state index in [2.05, 4.69) is 5.32 Å². The summed E-state index contributed by atoms with van der Waals surface area (Å²) in [5.74, 6) is -1.44. The number of hydrogen-bond donors (Lipinski definition) is 1. The topological polar surface area (TPSA) is 84.9 Å². The lowest BCUT2D eigenvalue weighted by Crippen LogP contribution is -2.43. The number of likely N-dealkylation sites (tertiary alicyclic amines) is 1. The van der Waals surface area contributed by atoms with E-state index in [0.29, 0.717) is 9.21 Å². The third-order valence-corrected chi connectivity index (χ3v) is 4.90. The molecule has 144 valence electrons. The van der Waals surface area contributed by atoms with Crippen molar-refractivity contribution >= 4 is 40.9 Å². The molecular formula is C17H23ClN2O5S. The van der Waals surface area contributed by atoms with Crippen LogP contribution in [-0.4, -0.2) is 54.2 Å². The van der Waals surface area contributed by atoms with E-state index in [9.17, 15) is 14.4 Å². The van der Waals surface area contributed by atoms with E-state index in [1.165, 1.54) is 4.90 Å². The molecule has 26 heavy (non-hydrogen) atoms. The van der Waals surface area contributed by atoms with E-state index in [0.717, 1.165) is 11.3 Å². The Hall–Kier alpha value is -1.80. The fourth-order valence-electron chi connectivity index (χ4n) is 2.59. The minimum atomic E-state index is -0.651. The Bertz CT molecular complexity index is 685. The van der Waals surface area contributed by atoms with Crippen molar-refractivity contribution in [2.24, 2.45) is 5.92 Å². The van der Waals surface area contributed by atoms with Gasteiger partial charge in [-0.1, -0.05) is 11.6 Å². The zero-order chi connectivity index (χ0) is 19.5. The molecule has 0 spiro atoms. The van der Waals surface area contributed by atoms with Crippen molar-refractivity contribution in [3.63, 3.8) is 0 Å². The summed E-state index contributed by atoms with van der Waals surface area (Å²) in [7, 11) is 0. The Balaban J connectivity index is 2.11. The first kappa shape index (κ1) is 20.5. The molecule has 0 radical (unpaired) electrons. The van der Waals surface area contributed by atoms with E-state index < -0.39 is 29.6 Å². The second kappa shape index (κ2) is 8.26. The number of thiophene rings is 1. The summed E-state index contributed by atoms with van der Waals surface area (Å²) >= 11 is 7.01. The molecule has 0 aromatic carbocycles. The van der Waals surface area contributed by atoms with Crippen LogP contribution in [0.2, 0.25) is 4.34 Å². The average Bonchev–Trinajstić information content (AvgIpc) is 3.12. The van der Waals surface area contributed by atoms with Gasteiger partial charge in [0.05, 0.1) is 27.8 Å². The van der Waals surface area contributed by atoms with Crippen LogP contribution in [0.1, 0.15) is 37.4 Å². The van der Waals surface area contributed by atoms with Crippen LogP contribution in [0, 0.1) is 5.92 Å². The lowest BCUT2D eigenvalue weighted by atomic mass is 10.0. The van der Waals surface area contributed by atoms with Gasteiger partial charge in [0.15, 0.2) is 0 Å². The predicted molar refractivity (Wildman–Crippen MR) is 98.5 cm³/mol. The second-order valence-electron chi connectivity index (χ2n) is 6.93. The van der Waals surface area contributed by atoms with Crippen LogP contribution in [0.4, 0.5) is 4.79 Å². The largest absolute Gasteiger partial charge is 0.466 e. The number of halogens is 1. The molecule has 7 nitrogen and oxygen atoms in total. The fraction of sp³-hybridized carbons (Fsp3) is 0.588. The lowest BCUT2D eigenvalue weighted by Gasteiger charge is -2.24. The number of rotatable bonds is 4. The van der Waals surface area contributed by atoms with Gasteiger partial charge in [-0.15, -0.1) is 11.3 Å². The van der Waals surface area contributed by atoms with Crippen molar-refractivity contribution in [2.45, 2.75) is 39.3 Å². The quantitative estimate of drug-likeness (QED) is 0.782. The van der Waals surface area contributed by atoms with E-state index in [-0.39, 0.29) is 25.6 Å². The highest BCUT2D eigenvalue weighted by molar-refractivity contribution is 7.18. The molecular weight excluding hydrogens is 380 g/mol. The molecule has 2 unspecified atom stereocenters. The standard InChI is InChI=1S/C17H23ClN2O5S/c1-5-24-15(22)10-8-20(16(23)25-17(2,3)4)9-11(10)19-14(21)12-6-7-13(18)26-12/h6-7,10-11H,5,8-9H2,1-4H3,(H,19,21). The van der Waals surface area contributed by atoms with Crippen LogP contribution < -0.4 is 5.32 Å². The molecule has 2 atom stereocenters. The third-order valence-electron chi connectivity index (χ3n) is 3.67. The molecule has 1 N–H and O–H groups in total. The first-order chi connectivity index (χ1) is 12.1. The van der Waals surface area contributed by atoms with E-state index in [1.54, 1.807) is 39.8 Å². The van der Waals surface area contributed by atoms with Crippen molar-refractivity contribution in [3.8, 4) is 0 Å². The molecule has 9 heteroatoms. The summed E-state index contributed by atoms with van der Waals surface area (Å²) in [6.07, 6.45) is -0.525. The number of hydrogen-bond acceptors (Lipinski definition) is 6. The summed E-state index contributed by atoms with van der Waals surface area (Å²) in [5, 5.41) is 2.81. The monoisotopic (exact) mass is 402 g/mol. The Morgan fingerprint density at radius 3 is 2.54 bits per heavy atom. The number of amides is 2. The predicted octanol–water partition coefficient (Wildman–Crippen LogP) is 2.93. The van der Waals surface area contributed by atoms with Gasteiger partial charge in [0.1, 0.15) is 5.60 Å². The van der Waals surface area contributed by atoms with Crippen molar-refractivity contribution < 1.29 is 23.9 Å². The molecule has 1 fully saturated rings. The first-order valence-electron chi connectivity index (χ1n) is 8.31. The maximum atomic E-state index is 12.4. The second-order valence-corrected chi connectivity index (χ2v) is 8.64. The zero-order valence-corrected chi connectivity index (χ0v) is 16.8. The van der Waals surface area contributed by atoms with Crippen molar-refractivity contribution in [3.05, 3.63) is 21.3 Å². The highest BCUT2D eigenvalue weighted by Gasteiger charge is 2.42. The van der Waals surface area contributed by atoms with E-state index >= 15 is 0 Å². The molecule has 2 rings (SSSR count). The molecule has 1 aromatic rings. The van der Waals surface area contributed by atoms with Gasteiger partial charge >= 0.3 is 12.1 Å². The van der Waals surface area contributed by atoms with Crippen LogP contribution in [0.15, 0.2) is 12.1 Å². The van der Waals surface area contributed by atoms with Crippen molar-refractivity contribution in [1.82, 2.24) is 10.2 Å². The van der Waals surface area contributed by atoms with Gasteiger partial charge in [0.2, 0.25) is 0 Å². The number of esters is 1. The summed E-state index contributed by atoms with van der Waals surface area (Å²) in [6, 6.07) is 2.68. The molecule has 0 bridgehead atoms. The van der Waals surface area contributed by atoms with Gasteiger partial charge in [-0.3, -0.25) is 9.59 Å². The number of carbonyl (C=O) groups excluding carboxylic acids is 3. The number of carbonyl (C=O) groups is 3. The highest BCUT2D eigenvalue weighted by Crippen LogP contribution is 2.24. The van der Waals surface area contributed by atoms with Crippen LogP contribution in [0.25, 0.3) is 0 Å².